The number of nitrogens with one attached hydrogen (secondary N) is 2. The molecule has 2 aromatic carbocycles. The third-order valence-corrected chi connectivity index (χ3v) is 8.93. The molecule has 4 aromatic rings. The fourth-order valence-electron chi connectivity index (χ4n) is 6.77. The van der Waals surface area contributed by atoms with Crippen molar-refractivity contribution in [1.82, 2.24) is 19.8 Å². The number of carbonyl (C=O) groups excluding carboxylic acids is 1. The second-order valence-corrected chi connectivity index (χ2v) is 12.2. The predicted octanol–water partition coefficient (Wildman–Crippen LogP) is 5.57. The third-order valence-electron chi connectivity index (χ3n) is 8.93. The lowest BCUT2D eigenvalue weighted by atomic mass is 9.91. The van der Waals surface area contributed by atoms with E-state index in [0.29, 0.717) is 50.5 Å². The number of fused-ring (bicyclic) bond motifs is 1. The van der Waals surface area contributed by atoms with Crippen molar-refractivity contribution < 1.29 is 28.9 Å². The standard InChI is InChI=1S/C36H44FN5O5/c1-24-30-7-3-8-31(37)35(30)42(17-5-19-47-2)34(24)28-6-4-16-41(23-28)33(44)21-29(40-36(45)46)20-25-9-11-26(12-10-25)27-13-14-32(39-22-27)38-15-18-43/h3,7-14,22,28-29,40,43H,4-6,15-21,23H2,1-2H3,(H,38,39)(H,45,46)/t28-,29-/m1/s1. The highest BCUT2D eigenvalue weighted by atomic mass is 19.1. The molecule has 2 aromatic heterocycles. The maximum atomic E-state index is 15.1. The lowest BCUT2D eigenvalue weighted by Crippen LogP contribution is -2.44. The summed E-state index contributed by atoms with van der Waals surface area (Å²) in [5.41, 5.74) is 5.49. The molecule has 3 heterocycles. The van der Waals surface area contributed by atoms with Crippen LogP contribution in [0, 0.1) is 12.7 Å². The molecule has 1 aliphatic heterocycles. The van der Waals surface area contributed by atoms with Crippen LogP contribution >= 0.6 is 0 Å². The minimum Gasteiger partial charge on any atom is -0.465 e. The van der Waals surface area contributed by atoms with Crippen LogP contribution in [0.15, 0.2) is 60.8 Å². The summed E-state index contributed by atoms with van der Waals surface area (Å²) in [7, 11) is 1.66. The van der Waals surface area contributed by atoms with E-state index in [1.54, 1.807) is 19.4 Å². The number of aliphatic hydroxyl groups excluding tert-OH is 1. The van der Waals surface area contributed by atoms with Gasteiger partial charge in [-0.3, -0.25) is 4.79 Å². The Hall–Kier alpha value is -4.48. The molecule has 2 amide bonds. The molecule has 2 atom stereocenters. The van der Waals surface area contributed by atoms with Crippen LogP contribution in [-0.2, 0) is 22.5 Å². The minimum absolute atomic E-state index is 0.0245. The van der Waals surface area contributed by atoms with Crippen LogP contribution in [0.1, 0.15) is 48.4 Å². The summed E-state index contributed by atoms with van der Waals surface area (Å²) in [5, 5.41) is 25.0. The first-order valence-electron chi connectivity index (χ1n) is 16.2. The SMILES string of the molecule is COCCCn1c([C@@H]2CCCN(C(=O)C[C@@H](Cc3ccc(-c4ccc(NCCO)nc4)cc3)NC(=O)O)C2)c(C)c2cccc(F)c21. The Kier molecular flexibility index (Phi) is 11.4. The van der Waals surface area contributed by atoms with E-state index >= 15 is 4.39 Å². The fourth-order valence-corrected chi connectivity index (χ4v) is 6.77. The number of aromatic nitrogens is 2. The van der Waals surface area contributed by atoms with Gasteiger partial charge in [0.2, 0.25) is 5.91 Å². The molecule has 4 N–H and O–H groups in total. The predicted molar refractivity (Wildman–Crippen MR) is 180 cm³/mol. The summed E-state index contributed by atoms with van der Waals surface area (Å²) in [6, 6.07) is 16.2. The number of pyridine rings is 1. The highest BCUT2D eigenvalue weighted by Crippen LogP contribution is 2.37. The Labute approximate surface area is 274 Å². The van der Waals surface area contributed by atoms with Gasteiger partial charge in [0.15, 0.2) is 0 Å². The van der Waals surface area contributed by atoms with Crippen molar-refractivity contribution in [3.05, 3.63) is 83.4 Å². The number of rotatable bonds is 14. The Morgan fingerprint density at radius 1 is 1.13 bits per heavy atom. The zero-order valence-corrected chi connectivity index (χ0v) is 27.0. The van der Waals surface area contributed by atoms with Crippen molar-refractivity contribution in [2.75, 3.05) is 45.3 Å². The van der Waals surface area contributed by atoms with E-state index in [9.17, 15) is 14.7 Å². The summed E-state index contributed by atoms with van der Waals surface area (Å²) < 4.78 is 22.5. The second kappa shape index (κ2) is 15.9. The van der Waals surface area contributed by atoms with E-state index in [1.165, 1.54) is 6.07 Å². The highest BCUT2D eigenvalue weighted by Gasteiger charge is 2.31. The first kappa shape index (κ1) is 33.9. The van der Waals surface area contributed by atoms with Crippen molar-refractivity contribution in [2.24, 2.45) is 0 Å². The molecule has 1 fully saturated rings. The number of anilines is 1. The van der Waals surface area contributed by atoms with Gasteiger partial charge in [-0.05, 0) is 67.5 Å². The van der Waals surface area contributed by atoms with Crippen molar-refractivity contribution in [2.45, 2.75) is 57.5 Å². The fraction of sp³-hybridized carbons (Fsp3) is 0.417. The van der Waals surface area contributed by atoms with Crippen LogP contribution in [0.5, 0.6) is 0 Å². The Morgan fingerprint density at radius 3 is 2.62 bits per heavy atom. The molecule has 10 nitrogen and oxygen atoms in total. The lowest BCUT2D eigenvalue weighted by Gasteiger charge is -2.35. The molecule has 250 valence electrons. The number of nitrogens with zero attached hydrogens (tertiary/aromatic N) is 3. The van der Waals surface area contributed by atoms with Gasteiger partial charge in [0.05, 0.1) is 12.1 Å². The monoisotopic (exact) mass is 645 g/mol. The number of halogens is 1. The molecule has 0 saturated carbocycles. The Bertz CT molecular complexity index is 1660. The van der Waals surface area contributed by atoms with E-state index in [2.05, 4.69) is 20.2 Å². The normalized spacial score (nSPS) is 15.5. The summed E-state index contributed by atoms with van der Waals surface area (Å²) in [4.78, 5) is 31.6. The van der Waals surface area contributed by atoms with Gasteiger partial charge in [0.1, 0.15) is 11.6 Å². The molecule has 1 saturated heterocycles. The lowest BCUT2D eigenvalue weighted by molar-refractivity contribution is -0.132. The average molecular weight is 646 g/mol. The largest absolute Gasteiger partial charge is 0.465 e. The Balaban J connectivity index is 1.28. The van der Waals surface area contributed by atoms with Gasteiger partial charge in [0.25, 0.3) is 0 Å². The van der Waals surface area contributed by atoms with Gasteiger partial charge in [-0.25, -0.2) is 14.2 Å². The quantitative estimate of drug-likeness (QED) is 0.132. The summed E-state index contributed by atoms with van der Waals surface area (Å²) in [5.74, 6) is 0.362. The smallest absolute Gasteiger partial charge is 0.404 e. The van der Waals surface area contributed by atoms with Crippen LogP contribution < -0.4 is 10.6 Å². The number of benzene rings is 2. The van der Waals surface area contributed by atoms with Gasteiger partial charge in [-0.15, -0.1) is 0 Å². The number of aryl methyl sites for hydroxylation is 2. The molecule has 5 rings (SSSR count). The molecule has 0 unspecified atom stereocenters. The molecular formula is C36H44FN5O5. The van der Waals surface area contributed by atoms with Gasteiger partial charge in [-0.1, -0.05) is 36.4 Å². The number of hydrogen-bond acceptors (Lipinski definition) is 6. The van der Waals surface area contributed by atoms with E-state index in [-0.39, 0.29) is 30.7 Å². The number of likely N-dealkylation sites (tertiary alicyclic amines) is 1. The van der Waals surface area contributed by atoms with E-state index < -0.39 is 12.1 Å². The van der Waals surface area contributed by atoms with Crippen LogP contribution in [0.3, 0.4) is 0 Å². The van der Waals surface area contributed by atoms with Gasteiger partial charge >= 0.3 is 6.09 Å². The summed E-state index contributed by atoms with van der Waals surface area (Å²) in [6.07, 6.45) is 3.42. The van der Waals surface area contributed by atoms with Gasteiger partial charge in [-0.2, -0.15) is 0 Å². The number of para-hydroxylation sites is 1. The van der Waals surface area contributed by atoms with Crippen LogP contribution in [0.2, 0.25) is 0 Å². The first-order valence-corrected chi connectivity index (χ1v) is 16.2. The number of amides is 2. The summed E-state index contributed by atoms with van der Waals surface area (Å²) in [6.45, 7) is 4.77. The maximum absolute atomic E-state index is 15.1. The van der Waals surface area contributed by atoms with Crippen molar-refractivity contribution in [3.63, 3.8) is 0 Å². The van der Waals surface area contributed by atoms with Crippen LogP contribution in [0.4, 0.5) is 15.0 Å². The van der Waals surface area contributed by atoms with E-state index in [4.69, 9.17) is 9.84 Å². The Morgan fingerprint density at radius 2 is 1.91 bits per heavy atom. The number of aliphatic hydroxyl groups is 1. The topological polar surface area (TPSA) is 129 Å². The summed E-state index contributed by atoms with van der Waals surface area (Å²) >= 11 is 0. The number of carbonyl (C=O) groups is 2. The van der Waals surface area contributed by atoms with E-state index in [1.807, 2.05) is 54.3 Å². The molecule has 47 heavy (non-hydrogen) atoms. The van der Waals surface area contributed by atoms with Crippen LogP contribution in [0.25, 0.3) is 22.0 Å². The van der Waals surface area contributed by atoms with Gasteiger partial charge in [0, 0.05) is 81.1 Å². The van der Waals surface area contributed by atoms with Crippen molar-refractivity contribution in [1.29, 1.82) is 0 Å². The maximum Gasteiger partial charge on any atom is 0.404 e. The van der Waals surface area contributed by atoms with Crippen molar-refractivity contribution >= 4 is 28.7 Å². The molecule has 0 aliphatic carbocycles. The van der Waals surface area contributed by atoms with E-state index in [0.717, 1.165) is 52.6 Å². The molecule has 1 aliphatic rings. The number of methoxy groups -OCH3 is 1. The third kappa shape index (κ3) is 8.28. The van der Waals surface area contributed by atoms with Gasteiger partial charge < -0.3 is 35.1 Å². The second-order valence-electron chi connectivity index (χ2n) is 12.2. The molecule has 0 bridgehead atoms. The zero-order valence-electron chi connectivity index (χ0n) is 27.0. The number of carboxylic acid groups (broad SMARTS) is 1. The first-order chi connectivity index (χ1) is 22.8. The molecule has 11 heteroatoms. The van der Waals surface area contributed by atoms with Crippen LogP contribution in [-0.4, -0.2) is 82.7 Å². The van der Waals surface area contributed by atoms with Crippen molar-refractivity contribution in [3.8, 4) is 11.1 Å². The average Bonchev–Trinajstić information content (AvgIpc) is 3.36. The molecular weight excluding hydrogens is 601 g/mol. The minimum atomic E-state index is -1.17. The molecule has 0 spiro atoms. The number of ether oxygens (including phenoxy) is 1. The number of hydrogen-bond donors (Lipinski definition) is 4. The zero-order chi connectivity index (χ0) is 33.3. The molecule has 0 radical (unpaired) electrons. The highest BCUT2D eigenvalue weighted by molar-refractivity contribution is 5.86. The number of piperidine rings is 1.